The minimum absolute atomic E-state index is 0.0369. The summed E-state index contributed by atoms with van der Waals surface area (Å²) >= 11 is 5.24. The summed E-state index contributed by atoms with van der Waals surface area (Å²) in [5.41, 5.74) is 8.44. The lowest BCUT2D eigenvalue weighted by molar-refractivity contribution is 0.0289. The third-order valence-electron chi connectivity index (χ3n) is 3.38. The van der Waals surface area contributed by atoms with Crippen molar-refractivity contribution in [2.45, 2.75) is 19.4 Å². The zero-order valence-corrected chi connectivity index (χ0v) is 11.6. The van der Waals surface area contributed by atoms with Crippen molar-refractivity contribution in [3.63, 3.8) is 0 Å². The highest BCUT2D eigenvalue weighted by Gasteiger charge is 2.24. The largest absolute Gasteiger partial charge is 0.392 e. The van der Waals surface area contributed by atoms with Gasteiger partial charge in [0.25, 0.3) is 0 Å². The number of ether oxygens (including phenoxy) is 1. The number of nitrogens with zero attached hydrogens (tertiary/aromatic N) is 1. The average Bonchev–Trinajstić information content (AvgIpc) is 2.40. The standard InChI is InChI=1S/C14H20N2OS/c1-2-11-3-5-12(6-4-11)13(14(15)18)16-7-9-17-10-8-16/h3-6,13H,2,7-10H2,1H3,(H2,15,18). The molecule has 0 aliphatic carbocycles. The molecule has 2 N–H and O–H groups in total. The van der Waals surface area contributed by atoms with E-state index in [1.807, 2.05) is 0 Å². The summed E-state index contributed by atoms with van der Waals surface area (Å²) < 4.78 is 5.38. The van der Waals surface area contributed by atoms with E-state index in [1.165, 1.54) is 11.1 Å². The van der Waals surface area contributed by atoms with E-state index in [-0.39, 0.29) is 6.04 Å². The summed E-state index contributed by atoms with van der Waals surface area (Å²) in [7, 11) is 0. The number of nitrogens with two attached hydrogens (primary N) is 1. The van der Waals surface area contributed by atoms with Crippen LogP contribution in [-0.2, 0) is 11.2 Å². The van der Waals surface area contributed by atoms with Crippen LogP contribution < -0.4 is 5.73 Å². The van der Waals surface area contributed by atoms with Crippen LogP contribution in [-0.4, -0.2) is 36.2 Å². The molecule has 1 saturated heterocycles. The maximum Gasteiger partial charge on any atom is 0.0948 e. The van der Waals surface area contributed by atoms with Crippen molar-refractivity contribution < 1.29 is 4.74 Å². The molecule has 98 valence electrons. The second kappa shape index (κ2) is 6.27. The highest BCUT2D eigenvalue weighted by molar-refractivity contribution is 7.80. The molecule has 1 aliphatic heterocycles. The van der Waals surface area contributed by atoms with Gasteiger partial charge in [-0.05, 0) is 17.5 Å². The lowest BCUT2D eigenvalue weighted by Gasteiger charge is -2.34. The monoisotopic (exact) mass is 264 g/mol. The predicted octanol–water partition coefficient (Wildman–Crippen LogP) is 1.91. The van der Waals surface area contributed by atoms with Gasteiger partial charge in [0.05, 0.1) is 24.2 Å². The Hall–Kier alpha value is -0.970. The van der Waals surface area contributed by atoms with Crippen LogP contribution in [0.15, 0.2) is 24.3 Å². The summed E-state index contributed by atoms with van der Waals surface area (Å²) in [6.45, 7) is 5.44. The van der Waals surface area contributed by atoms with E-state index in [4.69, 9.17) is 22.7 Å². The molecule has 1 heterocycles. The van der Waals surface area contributed by atoms with Crippen LogP contribution >= 0.6 is 12.2 Å². The summed E-state index contributed by atoms with van der Waals surface area (Å²) in [5, 5.41) is 0. The number of morpholine rings is 1. The molecule has 2 rings (SSSR count). The number of hydrogen-bond donors (Lipinski definition) is 1. The van der Waals surface area contributed by atoms with Gasteiger partial charge >= 0.3 is 0 Å². The molecule has 1 atom stereocenters. The van der Waals surface area contributed by atoms with E-state index in [0.29, 0.717) is 4.99 Å². The second-order valence-corrected chi connectivity index (χ2v) is 5.02. The molecule has 18 heavy (non-hydrogen) atoms. The van der Waals surface area contributed by atoms with Crippen molar-refractivity contribution in [1.82, 2.24) is 4.90 Å². The summed E-state index contributed by atoms with van der Waals surface area (Å²) in [4.78, 5) is 2.84. The lowest BCUT2D eigenvalue weighted by Crippen LogP contribution is -2.43. The van der Waals surface area contributed by atoms with E-state index in [1.54, 1.807) is 0 Å². The number of benzene rings is 1. The SMILES string of the molecule is CCc1ccc(C(C(N)=S)N2CCOCC2)cc1. The Kier molecular flexibility index (Phi) is 4.69. The highest BCUT2D eigenvalue weighted by Crippen LogP contribution is 2.22. The first-order valence-corrected chi connectivity index (χ1v) is 6.83. The van der Waals surface area contributed by atoms with Gasteiger partial charge in [-0.25, -0.2) is 0 Å². The third-order valence-corrected chi connectivity index (χ3v) is 3.61. The molecule has 0 spiro atoms. The molecule has 0 saturated carbocycles. The van der Waals surface area contributed by atoms with Crippen LogP contribution in [0, 0.1) is 0 Å². The molecule has 3 nitrogen and oxygen atoms in total. The van der Waals surface area contributed by atoms with Crippen molar-refractivity contribution in [2.75, 3.05) is 26.3 Å². The van der Waals surface area contributed by atoms with E-state index < -0.39 is 0 Å². The highest BCUT2D eigenvalue weighted by atomic mass is 32.1. The van der Waals surface area contributed by atoms with E-state index in [0.717, 1.165) is 32.7 Å². The van der Waals surface area contributed by atoms with E-state index >= 15 is 0 Å². The third kappa shape index (κ3) is 3.07. The van der Waals surface area contributed by atoms with Gasteiger partial charge in [-0.1, -0.05) is 43.4 Å². The van der Waals surface area contributed by atoms with Crippen molar-refractivity contribution in [3.8, 4) is 0 Å². The Bertz CT molecular complexity index is 399. The molecule has 1 unspecified atom stereocenters. The predicted molar refractivity (Wildman–Crippen MR) is 77.7 cm³/mol. The molecule has 1 aliphatic rings. The summed E-state index contributed by atoms with van der Waals surface area (Å²) in [6, 6.07) is 8.62. The van der Waals surface area contributed by atoms with Crippen LogP contribution in [0.25, 0.3) is 0 Å². The van der Waals surface area contributed by atoms with Crippen molar-refractivity contribution in [2.24, 2.45) is 5.73 Å². The smallest absolute Gasteiger partial charge is 0.0948 e. The first kappa shape index (κ1) is 13.5. The van der Waals surface area contributed by atoms with Crippen LogP contribution in [0.4, 0.5) is 0 Å². The Labute approximate surface area is 114 Å². The van der Waals surface area contributed by atoms with Gasteiger partial charge in [-0.2, -0.15) is 0 Å². The number of thiocarbonyl (C=S) groups is 1. The number of hydrogen-bond acceptors (Lipinski definition) is 3. The number of rotatable bonds is 4. The van der Waals surface area contributed by atoms with Gasteiger partial charge in [0.15, 0.2) is 0 Å². The molecule has 0 radical (unpaired) electrons. The van der Waals surface area contributed by atoms with Gasteiger partial charge in [0.2, 0.25) is 0 Å². The van der Waals surface area contributed by atoms with Gasteiger partial charge in [-0.3, -0.25) is 4.90 Å². The summed E-state index contributed by atoms with van der Waals surface area (Å²) in [5.74, 6) is 0. The quantitative estimate of drug-likeness (QED) is 0.843. The topological polar surface area (TPSA) is 38.5 Å². The average molecular weight is 264 g/mol. The van der Waals surface area contributed by atoms with E-state index in [9.17, 15) is 0 Å². The van der Waals surface area contributed by atoms with Crippen LogP contribution in [0.5, 0.6) is 0 Å². The van der Waals surface area contributed by atoms with Crippen molar-refractivity contribution in [1.29, 1.82) is 0 Å². The molecular formula is C14H20N2OS. The zero-order valence-electron chi connectivity index (χ0n) is 10.8. The molecule has 1 fully saturated rings. The Morgan fingerprint density at radius 1 is 1.33 bits per heavy atom. The molecular weight excluding hydrogens is 244 g/mol. The molecule has 1 aromatic carbocycles. The minimum atomic E-state index is 0.0369. The molecule has 0 aromatic heterocycles. The lowest BCUT2D eigenvalue weighted by atomic mass is 10.0. The van der Waals surface area contributed by atoms with Gasteiger partial charge in [-0.15, -0.1) is 0 Å². The molecule has 0 amide bonds. The van der Waals surface area contributed by atoms with Crippen molar-refractivity contribution >= 4 is 17.2 Å². The maximum atomic E-state index is 5.92. The number of aryl methyl sites for hydroxylation is 1. The first-order chi connectivity index (χ1) is 8.72. The fourth-order valence-electron chi connectivity index (χ4n) is 2.33. The van der Waals surface area contributed by atoms with Crippen LogP contribution in [0.1, 0.15) is 24.1 Å². The fourth-order valence-corrected chi connectivity index (χ4v) is 2.61. The summed E-state index contributed by atoms with van der Waals surface area (Å²) in [6.07, 6.45) is 1.05. The Balaban J connectivity index is 2.20. The normalized spacial score (nSPS) is 18.5. The van der Waals surface area contributed by atoms with E-state index in [2.05, 4.69) is 36.1 Å². The fraction of sp³-hybridized carbons (Fsp3) is 0.500. The van der Waals surface area contributed by atoms with Crippen LogP contribution in [0.2, 0.25) is 0 Å². The Morgan fingerprint density at radius 2 is 1.94 bits per heavy atom. The minimum Gasteiger partial charge on any atom is -0.392 e. The van der Waals surface area contributed by atoms with Gasteiger partial charge in [0.1, 0.15) is 0 Å². The Morgan fingerprint density at radius 3 is 2.44 bits per heavy atom. The van der Waals surface area contributed by atoms with Crippen LogP contribution in [0.3, 0.4) is 0 Å². The second-order valence-electron chi connectivity index (χ2n) is 4.55. The van der Waals surface area contributed by atoms with Gasteiger partial charge in [0, 0.05) is 13.1 Å². The molecule has 1 aromatic rings. The van der Waals surface area contributed by atoms with Crippen molar-refractivity contribution in [3.05, 3.63) is 35.4 Å². The van der Waals surface area contributed by atoms with Gasteiger partial charge < -0.3 is 10.5 Å². The zero-order chi connectivity index (χ0) is 13.0. The molecule has 4 heteroatoms. The first-order valence-electron chi connectivity index (χ1n) is 6.42. The maximum absolute atomic E-state index is 5.92. The molecule has 0 bridgehead atoms.